The maximum atomic E-state index is 14.0. The van der Waals surface area contributed by atoms with Crippen LogP contribution in [0.2, 0.25) is 5.02 Å². The van der Waals surface area contributed by atoms with Crippen molar-refractivity contribution in [1.82, 2.24) is 0 Å². The number of nitrogens with zero attached hydrogens (tertiary/aromatic N) is 3. The maximum Gasteiger partial charge on any atom is 0.271 e. The summed E-state index contributed by atoms with van der Waals surface area (Å²) in [6, 6.07) is 17.6. The summed E-state index contributed by atoms with van der Waals surface area (Å²) in [5, 5.41) is 22.4. The Bertz CT molecular complexity index is 1790. The van der Waals surface area contributed by atoms with E-state index in [1.807, 2.05) is 64.1 Å². The first-order chi connectivity index (χ1) is 20.8. The number of ether oxygens (including phenoxy) is 2. The van der Waals surface area contributed by atoms with Crippen molar-refractivity contribution >= 4 is 28.8 Å². The van der Waals surface area contributed by atoms with E-state index in [0.717, 1.165) is 28.0 Å². The van der Waals surface area contributed by atoms with Crippen molar-refractivity contribution in [3.8, 4) is 17.6 Å². The van der Waals surface area contributed by atoms with Gasteiger partial charge >= 0.3 is 0 Å². The molecular formula is C34H33ClN4O5. The third-order valence-electron chi connectivity index (χ3n) is 8.25. The molecule has 10 heteroatoms. The van der Waals surface area contributed by atoms with Crippen LogP contribution in [0.5, 0.6) is 11.5 Å². The molecule has 0 fully saturated rings. The third-order valence-corrected chi connectivity index (χ3v) is 8.57. The Morgan fingerprint density at radius 3 is 2.41 bits per heavy atom. The fraction of sp³-hybridized carbons (Fsp3) is 0.294. The smallest absolute Gasteiger partial charge is 0.271 e. The highest BCUT2D eigenvalue weighted by Gasteiger charge is 2.45. The number of rotatable bonds is 7. The molecular weight excluding hydrogens is 580 g/mol. The fourth-order valence-corrected chi connectivity index (χ4v) is 6.30. The Hall–Kier alpha value is -4.81. The highest BCUT2D eigenvalue weighted by molar-refractivity contribution is 6.33. The number of methoxy groups -OCH3 is 1. The average Bonchev–Trinajstić information content (AvgIpc) is 2.96. The van der Waals surface area contributed by atoms with Crippen molar-refractivity contribution in [3.05, 3.63) is 115 Å². The molecule has 1 atom stereocenters. The van der Waals surface area contributed by atoms with Gasteiger partial charge in [-0.15, -0.1) is 0 Å². The van der Waals surface area contributed by atoms with Gasteiger partial charge in [0.2, 0.25) is 0 Å². The van der Waals surface area contributed by atoms with Gasteiger partial charge < -0.3 is 15.2 Å². The molecule has 0 bridgehead atoms. The number of allylic oxidation sites excluding steroid dienone is 3. The van der Waals surface area contributed by atoms with Gasteiger partial charge in [0.1, 0.15) is 23.9 Å². The number of Topliss-reactive ketones (excluding diaryl/α,β-unsaturated/α-hetero) is 1. The summed E-state index contributed by atoms with van der Waals surface area (Å²) in [7, 11) is 1.60. The summed E-state index contributed by atoms with van der Waals surface area (Å²) in [4.78, 5) is 26.7. The lowest BCUT2D eigenvalue weighted by Gasteiger charge is -2.44. The number of hydrogen-bond donors (Lipinski definition) is 1. The SMILES string of the molecule is COc1ccc(OCc2cc(C3C(C#N)=C(N)N(c4cc([N+](=O)[O-])ccc4Cl)C4=C3C(=O)CC(C)(C)C4)c(C)cc2C)cc1. The number of benzene rings is 3. The zero-order valence-electron chi connectivity index (χ0n) is 25.2. The molecule has 226 valence electrons. The van der Waals surface area contributed by atoms with Crippen LogP contribution in [0.4, 0.5) is 11.4 Å². The summed E-state index contributed by atoms with van der Waals surface area (Å²) in [6.45, 7) is 8.18. The highest BCUT2D eigenvalue weighted by atomic mass is 35.5. The van der Waals surface area contributed by atoms with Gasteiger partial charge in [0, 0.05) is 29.8 Å². The Labute approximate surface area is 261 Å². The second kappa shape index (κ2) is 11.7. The van der Waals surface area contributed by atoms with E-state index < -0.39 is 16.3 Å². The standard InChI is InChI=1S/C34H33ClN4O5/c1-19-12-20(2)25(13-21(19)18-44-24-9-7-23(43-5)8-10-24)31-26(17-36)33(37)38(28-14-22(39(41)42)6-11-27(28)35)29-15-34(3,4)16-30(40)32(29)31/h6-14,31H,15-16,18,37H2,1-5H3. The summed E-state index contributed by atoms with van der Waals surface area (Å²) in [6.07, 6.45) is 0.719. The summed E-state index contributed by atoms with van der Waals surface area (Å²) < 4.78 is 11.3. The average molecular weight is 613 g/mol. The van der Waals surface area contributed by atoms with Crippen LogP contribution in [-0.2, 0) is 11.4 Å². The molecule has 9 nitrogen and oxygen atoms in total. The third kappa shape index (κ3) is 5.61. The van der Waals surface area contributed by atoms with Crippen LogP contribution in [0, 0.1) is 40.7 Å². The van der Waals surface area contributed by atoms with E-state index in [0.29, 0.717) is 23.4 Å². The number of carbonyl (C=O) groups is 1. The van der Waals surface area contributed by atoms with Crippen molar-refractivity contribution in [2.24, 2.45) is 11.1 Å². The Kier molecular flexibility index (Phi) is 8.15. The van der Waals surface area contributed by atoms with Crippen LogP contribution in [0.1, 0.15) is 54.9 Å². The molecule has 2 aliphatic rings. The molecule has 0 radical (unpaired) electrons. The molecule has 0 amide bonds. The first-order valence-corrected chi connectivity index (χ1v) is 14.5. The number of carbonyl (C=O) groups excluding carboxylic acids is 1. The van der Waals surface area contributed by atoms with Gasteiger partial charge in [-0.05, 0) is 78.3 Å². The minimum Gasteiger partial charge on any atom is -0.497 e. The first-order valence-electron chi connectivity index (χ1n) is 14.1. The number of ketones is 1. The van der Waals surface area contributed by atoms with Gasteiger partial charge in [0.05, 0.1) is 40.3 Å². The second-order valence-corrected chi connectivity index (χ2v) is 12.4. The van der Waals surface area contributed by atoms with Crippen LogP contribution in [0.15, 0.2) is 77.3 Å². The molecule has 1 heterocycles. The van der Waals surface area contributed by atoms with Crippen molar-refractivity contribution in [2.45, 2.75) is 53.1 Å². The number of halogens is 1. The predicted octanol–water partition coefficient (Wildman–Crippen LogP) is 7.39. The number of anilines is 1. The Morgan fingerprint density at radius 2 is 1.77 bits per heavy atom. The molecule has 44 heavy (non-hydrogen) atoms. The van der Waals surface area contributed by atoms with Gasteiger partial charge in [-0.2, -0.15) is 5.26 Å². The summed E-state index contributed by atoms with van der Waals surface area (Å²) in [5.74, 6) is 0.643. The van der Waals surface area contributed by atoms with E-state index >= 15 is 0 Å². The summed E-state index contributed by atoms with van der Waals surface area (Å²) >= 11 is 6.59. The number of nitriles is 1. The number of aryl methyl sites for hydroxylation is 2. The lowest BCUT2D eigenvalue weighted by atomic mass is 9.68. The number of nitro benzene ring substituents is 1. The number of nitrogens with two attached hydrogens (primary N) is 1. The Morgan fingerprint density at radius 1 is 1.09 bits per heavy atom. The molecule has 1 aliphatic carbocycles. The maximum absolute atomic E-state index is 14.0. The lowest BCUT2D eigenvalue weighted by molar-refractivity contribution is -0.384. The van der Waals surface area contributed by atoms with Crippen molar-refractivity contribution < 1.29 is 19.2 Å². The predicted molar refractivity (Wildman–Crippen MR) is 168 cm³/mol. The number of hydrogen-bond acceptors (Lipinski definition) is 8. The van der Waals surface area contributed by atoms with Crippen LogP contribution in [-0.4, -0.2) is 17.8 Å². The van der Waals surface area contributed by atoms with E-state index in [-0.39, 0.29) is 46.6 Å². The van der Waals surface area contributed by atoms with Crippen LogP contribution >= 0.6 is 11.6 Å². The lowest BCUT2D eigenvalue weighted by Crippen LogP contribution is -2.42. The topological polar surface area (TPSA) is 132 Å². The van der Waals surface area contributed by atoms with Crippen molar-refractivity contribution in [2.75, 3.05) is 12.0 Å². The van der Waals surface area contributed by atoms with E-state index in [1.165, 1.54) is 18.2 Å². The molecule has 0 spiro atoms. The van der Waals surface area contributed by atoms with Gasteiger partial charge in [-0.3, -0.25) is 19.8 Å². The minimum absolute atomic E-state index is 0.0835. The number of non-ortho nitro benzene ring substituents is 1. The molecule has 1 unspecified atom stereocenters. The minimum atomic E-state index is -0.729. The largest absolute Gasteiger partial charge is 0.497 e. The Balaban J connectivity index is 1.67. The van der Waals surface area contributed by atoms with Crippen LogP contribution in [0.25, 0.3) is 0 Å². The monoisotopic (exact) mass is 612 g/mol. The van der Waals surface area contributed by atoms with E-state index in [1.54, 1.807) is 12.0 Å². The van der Waals surface area contributed by atoms with Crippen LogP contribution in [0.3, 0.4) is 0 Å². The zero-order valence-corrected chi connectivity index (χ0v) is 26.0. The quantitative estimate of drug-likeness (QED) is 0.216. The number of nitro groups is 1. The first kappa shape index (κ1) is 30.6. The normalized spacial score (nSPS) is 17.7. The molecule has 0 saturated carbocycles. The molecule has 3 aromatic rings. The van der Waals surface area contributed by atoms with Gasteiger partial charge in [0.25, 0.3) is 5.69 Å². The van der Waals surface area contributed by atoms with Crippen molar-refractivity contribution in [1.29, 1.82) is 5.26 Å². The van der Waals surface area contributed by atoms with Gasteiger partial charge in [-0.25, -0.2) is 0 Å². The van der Waals surface area contributed by atoms with E-state index in [4.69, 9.17) is 26.8 Å². The van der Waals surface area contributed by atoms with E-state index in [9.17, 15) is 20.2 Å². The molecule has 5 rings (SSSR count). The fourth-order valence-electron chi connectivity index (χ4n) is 6.10. The molecule has 3 aromatic carbocycles. The molecule has 0 aromatic heterocycles. The van der Waals surface area contributed by atoms with Crippen molar-refractivity contribution in [3.63, 3.8) is 0 Å². The molecule has 1 aliphatic heterocycles. The van der Waals surface area contributed by atoms with Gasteiger partial charge in [0.15, 0.2) is 5.78 Å². The molecule has 0 saturated heterocycles. The van der Waals surface area contributed by atoms with Crippen LogP contribution < -0.4 is 20.1 Å². The van der Waals surface area contributed by atoms with Gasteiger partial charge in [-0.1, -0.05) is 37.6 Å². The van der Waals surface area contributed by atoms with E-state index in [2.05, 4.69) is 6.07 Å². The highest BCUT2D eigenvalue weighted by Crippen LogP contribution is 2.52. The summed E-state index contributed by atoms with van der Waals surface area (Å²) in [5.41, 5.74) is 11.2. The molecule has 2 N–H and O–H groups in total. The zero-order chi connectivity index (χ0) is 31.9. The second-order valence-electron chi connectivity index (χ2n) is 12.0.